The van der Waals surface area contributed by atoms with Gasteiger partial charge in [-0.05, 0) is 60.7 Å². The minimum atomic E-state index is 0.202. The van der Waals surface area contributed by atoms with Crippen molar-refractivity contribution in [2.45, 2.75) is 6.54 Å². The highest BCUT2D eigenvalue weighted by atomic mass is 35.5. The van der Waals surface area contributed by atoms with Gasteiger partial charge in [-0.2, -0.15) is 0 Å². The number of thiocarbonyl (C=S) groups is 1. The van der Waals surface area contributed by atoms with Gasteiger partial charge in [0.2, 0.25) is 0 Å². The Hall–Kier alpha value is -2.47. The highest BCUT2D eigenvalue weighted by Gasteiger charge is 2.16. The third-order valence-corrected chi connectivity index (χ3v) is 4.99. The SMILES string of the molecule is COc1ccc(N(Cc2ccccc2O)C(=S)Nc2ccc(Cl)cc2Cl)cc1. The molecule has 0 saturated carbocycles. The molecule has 4 nitrogen and oxygen atoms in total. The Bertz CT molecular complexity index is 980. The summed E-state index contributed by atoms with van der Waals surface area (Å²) >= 11 is 17.9. The van der Waals surface area contributed by atoms with Crippen LogP contribution >= 0.6 is 35.4 Å². The van der Waals surface area contributed by atoms with Gasteiger partial charge < -0.3 is 20.1 Å². The van der Waals surface area contributed by atoms with E-state index in [9.17, 15) is 5.11 Å². The van der Waals surface area contributed by atoms with Gasteiger partial charge in [0.25, 0.3) is 0 Å². The third kappa shape index (κ3) is 4.87. The number of phenolic OH excluding ortho intramolecular Hbond substituents is 1. The van der Waals surface area contributed by atoms with E-state index in [1.54, 1.807) is 37.4 Å². The van der Waals surface area contributed by atoms with Gasteiger partial charge in [-0.1, -0.05) is 41.4 Å². The summed E-state index contributed by atoms with van der Waals surface area (Å²) in [6, 6.07) is 19.8. The molecule has 0 saturated heterocycles. The summed E-state index contributed by atoms with van der Waals surface area (Å²) in [5.74, 6) is 0.944. The zero-order valence-electron chi connectivity index (χ0n) is 15.0. The molecule has 0 aromatic heterocycles. The van der Waals surface area contributed by atoms with E-state index in [-0.39, 0.29) is 5.75 Å². The number of halogens is 2. The number of phenols is 1. The van der Waals surface area contributed by atoms with E-state index in [2.05, 4.69) is 5.32 Å². The number of benzene rings is 3. The summed E-state index contributed by atoms with van der Waals surface area (Å²) in [4.78, 5) is 1.87. The molecule has 7 heteroatoms. The Morgan fingerprint density at radius 1 is 1.07 bits per heavy atom. The van der Waals surface area contributed by atoms with Crippen molar-refractivity contribution in [3.8, 4) is 11.5 Å². The van der Waals surface area contributed by atoms with Crippen LogP contribution in [0.1, 0.15) is 5.56 Å². The van der Waals surface area contributed by atoms with Crippen LogP contribution in [0, 0.1) is 0 Å². The first kappa shape index (κ1) is 20.3. The van der Waals surface area contributed by atoms with Gasteiger partial charge in [0.15, 0.2) is 5.11 Å². The Morgan fingerprint density at radius 2 is 1.79 bits per heavy atom. The second-order valence-electron chi connectivity index (χ2n) is 5.97. The van der Waals surface area contributed by atoms with Gasteiger partial charge in [-0.15, -0.1) is 0 Å². The van der Waals surface area contributed by atoms with Crippen molar-refractivity contribution in [2.75, 3.05) is 17.3 Å². The van der Waals surface area contributed by atoms with Crippen molar-refractivity contribution in [1.82, 2.24) is 0 Å². The Morgan fingerprint density at radius 3 is 2.43 bits per heavy atom. The van der Waals surface area contributed by atoms with E-state index in [1.807, 2.05) is 41.3 Å². The summed E-state index contributed by atoms with van der Waals surface area (Å²) in [5.41, 5.74) is 2.23. The van der Waals surface area contributed by atoms with E-state index in [0.717, 1.165) is 17.0 Å². The lowest BCUT2D eigenvalue weighted by Crippen LogP contribution is -2.34. The Labute approximate surface area is 179 Å². The summed E-state index contributed by atoms with van der Waals surface area (Å²) in [6.45, 7) is 0.371. The standard InChI is InChI=1S/C21H18Cl2N2O2S/c1-27-17-9-7-16(8-10-17)25(13-14-4-2-3-5-20(14)26)21(28)24-19-11-6-15(22)12-18(19)23/h2-12,26H,13H2,1H3,(H,24,28). The maximum atomic E-state index is 10.2. The molecule has 0 unspecified atom stereocenters. The van der Waals surface area contributed by atoms with E-state index < -0.39 is 0 Å². The van der Waals surface area contributed by atoms with Gasteiger partial charge in [-0.25, -0.2) is 0 Å². The van der Waals surface area contributed by atoms with Gasteiger partial charge in [0.1, 0.15) is 11.5 Å². The highest BCUT2D eigenvalue weighted by Crippen LogP contribution is 2.28. The first-order chi connectivity index (χ1) is 13.5. The van der Waals surface area contributed by atoms with Crippen LogP contribution in [-0.2, 0) is 6.54 Å². The molecule has 0 fully saturated rings. The fraction of sp³-hybridized carbons (Fsp3) is 0.0952. The van der Waals surface area contributed by atoms with Crippen LogP contribution in [0.2, 0.25) is 10.0 Å². The third-order valence-electron chi connectivity index (χ3n) is 4.12. The van der Waals surface area contributed by atoms with E-state index >= 15 is 0 Å². The minimum Gasteiger partial charge on any atom is -0.508 e. The summed E-state index contributed by atoms with van der Waals surface area (Å²) in [5, 5.41) is 14.8. The number of hydrogen-bond acceptors (Lipinski definition) is 3. The quantitative estimate of drug-likeness (QED) is 0.476. The molecule has 0 aliphatic heterocycles. The molecule has 0 aliphatic carbocycles. The fourth-order valence-electron chi connectivity index (χ4n) is 2.63. The van der Waals surface area contributed by atoms with Crippen molar-refractivity contribution in [2.24, 2.45) is 0 Å². The van der Waals surface area contributed by atoms with Gasteiger partial charge in [0, 0.05) is 16.3 Å². The minimum absolute atomic E-state index is 0.202. The molecule has 0 bridgehead atoms. The molecule has 0 radical (unpaired) electrons. The summed E-state index contributed by atoms with van der Waals surface area (Å²) < 4.78 is 5.23. The fourth-order valence-corrected chi connectivity index (χ4v) is 3.37. The molecule has 3 aromatic carbocycles. The number of ether oxygens (including phenoxy) is 1. The van der Waals surface area contributed by atoms with E-state index in [1.165, 1.54) is 0 Å². The van der Waals surface area contributed by atoms with Gasteiger partial charge >= 0.3 is 0 Å². The topological polar surface area (TPSA) is 44.7 Å². The van der Waals surface area contributed by atoms with Crippen LogP contribution in [0.5, 0.6) is 11.5 Å². The predicted octanol–water partition coefficient (Wildman–Crippen LogP) is 6.11. The number of aromatic hydroxyl groups is 1. The maximum Gasteiger partial charge on any atom is 0.178 e. The van der Waals surface area contributed by atoms with Crippen molar-refractivity contribution in [1.29, 1.82) is 0 Å². The molecular formula is C21H18Cl2N2O2S. The highest BCUT2D eigenvalue weighted by molar-refractivity contribution is 7.80. The van der Waals surface area contributed by atoms with Crippen LogP contribution in [0.15, 0.2) is 66.7 Å². The zero-order valence-corrected chi connectivity index (χ0v) is 17.4. The molecule has 144 valence electrons. The predicted molar refractivity (Wildman–Crippen MR) is 120 cm³/mol. The lowest BCUT2D eigenvalue weighted by molar-refractivity contribution is 0.415. The van der Waals surface area contributed by atoms with E-state index in [4.69, 9.17) is 40.2 Å². The molecule has 0 atom stereocenters. The summed E-state index contributed by atoms with van der Waals surface area (Å²) in [6.07, 6.45) is 0. The number of para-hydroxylation sites is 1. The molecule has 0 amide bonds. The average molecular weight is 433 g/mol. The van der Waals surface area contributed by atoms with Crippen molar-refractivity contribution >= 4 is 51.9 Å². The van der Waals surface area contributed by atoms with Crippen LogP contribution in [-0.4, -0.2) is 17.3 Å². The molecule has 28 heavy (non-hydrogen) atoms. The van der Waals surface area contributed by atoms with Crippen LogP contribution in [0.3, 0.4) is 0 Å². The van der Waals surface area contributed by atoms with Crippen LogP contribution in [0.25, 0.3) is 0 Å². The number of hydrogen-bond donors (Lipinski definition) is 2. The monoisotopic (exact) mass is 432 g/mol. The lowest BCUT2D eigenvalue weighted by Gasteiger charge is -2.27. The van der Waals surface area contributed by atoms with E-state index in [0.29, 0.717) is 27.4 Å². The van der Waals surface area contributed by atoms with Crippen molar-refractivity contribution < 1.29 is 9.84 Å². The number of nitrogens with one attached hydrogen (secondary N) is 1. The van der Waals surface area contributed by atoms with Crippen LogP contribution < -0.4 is 15.0 Å². The largest absolute Gasteiger partial charge is 0.508 e. The normalized spacial score (nSPS) is 10.4. The average Bonchev–Trinajstić information content (AvgIpc) is 2.69. The molecule has 3 aromatic rings. The molecule has 2 N–H and O–H groups in total. The van der Waals surface area contributed by atoms with Gasteiger partial charge in [-0.3, -0.25) is 0 Å². The molecule has 0 spiro atoms. The van der Waals surface area contributed by atoms with Crippen molar-refractivity contribution in [3.05, 3.63) is 82.3 Å². The smallest absolute Gasteiger partial charge is 0.178 e. The number of rotatable bonds is 5. The molecule has 0 aliphatic rings. The molecule has 0 heterocycles. The second kappa shape index (κ2) is 9.15. The van der Waals surface area contributed by atoms with Crippen molar-refractivity contribution in [3.63, 3.8) is 0 Å². The number of anilines is 2. The van der Waals surface area contributed by atoms with Gasteiger partial charge in [0.05, 0.1) is 24.4 Å². The summed E-state index contributed by atoms with van der Waals surface area (Å²) in [7, 11) is 1.61. The Balaban J connectivity index is 1.92. The first-order valence-electron chi connectivity index (χ1n) is 8.42. The number of nitrogens with zero attached hydrogens (tertiary/aromatic N) is 1. The molecular weight excluding hydrogens is 415 g/mol. The lowest BCUT2D eigenvalue weighted by atomic mass is 10.1. The number of methoxy groups -OCH3 is 1. The second-order valence-corrected chi connectivity index (χ2v) is 7.20. The molecule has 3 rings (SSSR count). The zero-order chi connectivity index (χ0) is 20.1. The van der Waals surface area contributed by atoms with Crippen LogP contribution in [0.4, 0.5) is 11.4 Å². The first-order valence-corrected chi connectivity index (χ1v) is 9.59. The Kier molecular flexibility index (Phi) is 6.62. The maximum absolute atomic E-state index is 10.2.